The van der Waals surface area contributed by atoms with E-state index in [4.69, 9.17) is 5.73 Å². The van der Waals surface area contributed by atoms with Gasteiger partial charge in [0.25, 0.3) is 0 Å². The summed E-state index contributed by atoms with van der Waals surface area (Å²) in [6, 6.07) is 4.06. The van der Waals surface area contributed by atoms with Gasteiger partial charge in [-0.05, 0) is 36.5 Å². The number of nitrogens with zero attached hydrogens (tertiary/aromatic N) is 1. The summed E-state index contributed by atoms with van der Waals surface area (Å²) in [6.07, 6.45) is 5.51. The van der Waals surface area contributed by atoms with Gasteiger partial charge in [0.15, 0.2) is 0 Å². The van der Waals surface area contributed by atoms with Crippen LogP contribution in [-0.4, -0.2) is 4.98 Å². The van der Waals surface area contributed by atoms with Crippen LogP contribution in [0.2, 0.25) is 0 Å². The number of hydrogen-bond donors (Lipinski definition) is 1. The van der Waals surface area contributed by atoms with Gasteiger partial charge in [0.1, 0.15) is 0 Å². The van der Waals surface area contributed by atoms with Gasteiger partial charge in [0, 0.05) is 6.54 Å². The van der Waals surface area contributed by atoms with Crippen LogP contribution < -0.4 is 5.73 Å². The van der Waals surface area contributed by atoms with Gasteiger partial charge in [-0.25, -0.2) is 4.98 Å². The predicted molar refractivity (Wildman–Crippen MR) is 42.9 cm³/mol. The van der Waals surface area contributed by atoms with Crippen LogP contribution in [0.4, 0.5) is 0 Å². The Morgan fingerprint density at radius 1 is 1.64 bits per heavy atom. The van der Waals surface area contributed by atoms with Crippen LogP contribution in [0.1, 0.15) is 30.0 Å². The lowest BCUT2D eigenvalue weighted by Crippen LogP contribution is -1.99. The first kappa shape index (κ1) is 6.80. The summed E-state index contributed by atoms with van der Waals surface area (Å²) in [5.41, 5.74) is 7.77. The fourth-order valence-electron chi connectivity index (χ4n) is 1.21. The average molecular weight is 147 g/mol. The molecule has 0 saturated heterocycles. The second kappa shape index (κ2) is 2.62. The maximum absolute atomic E-state index is 5.46. The standard InChI is InChI=1S/C9H11N2/c10-6-9-5-8(3-4-11-9)7-1-2-7/h3,5,7H,1-2,6,10H2. The van der Waals surface area contributed by atoms with E-state index in [0.29, 0.717) is 6.54 Å². The molecule has 2 N–H and O–H groups in total. The fraction of sp³-hybridized carbons (Fsp3) is 0.444. The monoisotopic (exact) mass is 147 g/mol. The third-order valence-electron chi connectivity index (χ3n) is 2.03. The number of rotatable bonds is 2. The molecule has 0 spiro atoms. The van der Waals surface area contributed by atoms with Gasteiger partial charge < -0.3 is 5.73 Å². The van der Waals surface area contributed by atoms with Gasteiger partial charge in [-0.1, -0.05) is 0 Å². The minimum Gasteiger partial charge on any atom is -0.325 e. The van der Waals surface area contributed by atoms with Gasteiger partial charge in [-0.15, -0.1) is 0 Å². The zero-order valence-corrected chi connectivity index (χ0v) is 6.38. The third kappa shape index (κ3) is 1.40. The predicted octanol–water partition coefficient (Wildman–Crippen LogP) is 1.22. The third-order valence-corrected chi connectivity index (χ3v) is 2.03. The van der Waals surface area contributed by atoms with Crippen molar-refractivity contribution in [1.29, 1.82) is 0 Å². The van der Waals surface area contributed by atoms with Crippen molar-refractivity contribution in [3.8, 4) is 0 Å². The summed E-state index contributed by atoms with van der Waals surface area (Å²) in [4.78, 5) is 4.02. The maximum atomic E-state index is 5.46. The molecule has 0 atom stereocenters. The van der Waals surface area contributed by atoms with Crippen molar-refractivity contribution in [2.45, 2.75) is 25.3 Å². The molecule has 2 nitrogen and oxygen atoms in total. The van der Waals surface area contributed by atoms with Crippen LogP contribution in [0.25, 0.3) is 0 Å². The van der Waals surface area contributed by atoms with Crippen LogP contribution >= 0.6 is 0 Å². The zero-order valence-electron chi connectivity index (χ0n) is 6.38. The molecule has 2 heteroatoms. The molecule has 1 fully saturated rings. The fourth-order valence-corrected chi connectivity index (χ4v) is 1.21. The number of aromatic nitrogens is 1. The van der Waals surface area contributed by atoms with Crippen LogP contribution in [0.15, 0.2) is 12.1 Å². The van der Waals surface area contributed by atoms with Gasteiger partial charge in [-0.2, -0.15) is 0 Å². The maximum Gasteiger partial charge on any atom is 0.0893 e. The highest BCUT2D eigenvalue weighted by Gasteiger charge is 2.23. The molecule has 0 aromatic carbocycles. The van der Waals surface area contributed by atoms with E-state index in [9.17, 15) is 0 Å². The zero-order chi connectivity index (χ0) is 7.68. The van der Waals surface area contributed by atoms with E-state index in [0.717, 1.165) is 11.6 Å². The van der Waals surface area contributed by atoms with E-state index >= 15 is 0 Å². The lowest BCUT2D eigenvalue weighted by Gasteiger charge is -1.98. The van der Waals surface area contributed by atoms with Crippen molar-refractivity contribution in [2.75, 3.05) is 0 Å². The largest absolute Gasteiger partial charge is 0.325 e. The molecule has 1 aliphatic rings. The average Bonchev–Trinajstić information content (AvgIpc) is 2.87. The molecule has 1 aromatic rings. The highest BCUT2D eigenvalue weighted by atomic mass is 14.7. The number of pyridine rings is 1. The van der Waals surface area contributed by atoms with Crippen molar-refractivity contribution >= 4 is 0 Å². The van der Waals surface area contributed by atoms with Gasteiger partial charge >= 0.3 is 0 Å². The Balaban J connectivity index is 2.26. The molecule has 11 heavy (non-hydrogen) atoms. The highest BCUT2D eigenvalue weighted by molar-refractivity contribution is 5.23. The second-order valence-corrected chi connectivity index (χ2v) is 3.00. The van der Waals surface area contributed by atoms with Crippen LogP contribution in [-0.2, 0) is 6.54 Å². The second-order valence-electron chi connectivity index (χ2n) is 3.00. The van der Waals surface area contributed by atoms with Gasteiger partial charge in [0.2, 0.25) is 0 Å². The molecule has 0 bridgehead atoms. The smallest absolute Gasteiger partial charge is 0.0893 e. The van der Waals surface area contributed by atoms with Crippen molar-refractivity contribution in [3.63, 3.8) is 0 Å². The van der Waals surface area contributed by atoms with Crippen LogP contribution in [0, 0.1) is 6.20 Å². The summed E-state index contributed by atoms with van der Waals surface area (Å²) in [5.74, 6) is 0.777. The first-order valence-electron chi connectivity index (χ1n) is 3.97. The Morgan fingerprint density at radius 3 is 3.09 bits per heavy atom. The summed E-state index contributed by atoms with van der Waals surface area (Å²) in [7, 11) is 0. The molecule has 1 aliphatic carbocycles. The first-order chi connectivity index (χ1) is 5.40. The minimum absolute atomic E-state index is 0.525. The topological polar surface area (TPSA) is 38.9 Å². The van der Waals surface area contributed by atoms with Crippen LogP contribution in [0.3, 0.4) is 0 Å². The molecule has 0 unspecified atom stereocenters. The van der Waals surface area contributed by atoms with E-state index in [1.165, 1.54) is 18.4 Å². The SMILES string of the molecule is NCc1cc(C2CC2)c[c]n1. The van der Waals surface area contributed by atoms with E-state index in [1.807, 2.05) is 6.07 Å². The van der Waals surface area contributed by atoms with E-state index in [-0.39, 0.29) is 0 Å². The quantitative estimate of drug-likeness (QED) is 0.683. The highest BCUT2D eigenvalue weighted by Crippen LogP contribution is 2.39. The van der Waals surface area contributed by atoms with Gasteiger partial charge in [-0.3, -0.25) is 0 Å². The Morgan fingerprint density at radius 2 is 2.45 bits per heavy atom. The first-order valence-corrected chi connectivity index (χ1v) is 3.97. The number of nitrogens with two attached hydrogens (primary N) is 1. The van der Waals surface area contributed by atoms with Crippen molar-refractivity contribution < 1.29 is 0 Å². The molecule has 1 saturated carbocycles. The lowest BCUT2D eigenvalue weighted by molar-refractivity contribution is 0.965. The van der Waals surface area contributed by atoms with E-state index in [2.05, 4.69) is 17.2 Å². The summed E-state index contributed by atoms with van der Waals surface area (Å²) in [5, 5.41) is 0. The van der Waals surface area contributed by atoms with E-state index < -0.39 is 0 Å². The van der Waals surface area contributed by atoms with Crippen LogP contribution in [0.5, 0.6) is 0 Å². The summed E-state index contributed by atoms with van der Waals surface area (Å²) < 4.78 is 0. The molecule has 2 rings (SSSR count). The van der Waals surface area contributed by atoms with Crippen molar-refractivity contribution in [2.24, 2.45) is 5.73 Å². The molecular weight excluding hydrogens is 136 g/mol. The summed E-state index contributed by atoms with van der Waals surface area (Å²) in [6.45, 7) is 0.525. The lowest BCUT2D eigenvalue weighted by atomic mass is 10.1. The molecule has 1 radical (unpaired) electrons. The molecule has 57 valence electrons. The summed E-state index contributed by atoms with van der Waals surface area (Å²) >= 11 is 0. The molecule has 1 aromatic heterocycles. The Labute approximate surface area is 66.4 Å². The van der Waals surface area contributed by atoms with Crippen molar-refractivity contribution in [1.82, 2.24) is 4.98 Å². The molecule has 1 heterocycles. The Kier molecular flexibility index (Phi) is 1.62. The molecule has 0 amide bonds. The molecule has 0 aliphatic heterocycles. The van der Waals surface area contributed by atoms with Gasteiger partial charge in [0.05, 0.1) is 11.9 Å². The van der Waals surface area contributed by atoms with E-state index in [1.54, 1.807) is 0 Å². The molecular formula is C9H11N2. The normalized spacial score (nSPS) is 16.8. The Bertz CT molecular complexity index is 253. The minimum atomic E-state index is 0.525. The number of hydrogen-bond acceptors (Lipinski definition) is 2. The van der Waals surface area contributed by atoms with Crippen molar-refractivity contribution in [3.05, 3.63) is 29.6 Å². The Hall–Kier alpha value is -0.890.